The number of carbonyl (C=O) groups is 1. The smallest absolute Gasteiger partial charge is 0.303 e. The molecule has 5 nitrogen and oxygen atoms in total. The number of nitrogens with two attached hydrogens (primary N) is 1. The number of nitrogens with zero attached hydrogens (tertiary/aromatic N) is 2. The fraction of sp³-hybridized carbons (Fsp3) is 0.444. The fourth-order valence-corrected chi connectivity index (χ4v) is 1.21. The Hall–Kier alpha value is -1.65. The maximum Gasteiger partial charge on any atom is 0.303 e. The molecule has 0 aliphatic heterocycles. The summed E-state index contributed by atoms with van der Waals surface area (Å²) >= 11 is 0. The van der Waals surface area contributed by atoms with Crippen LogP contribution in [-0.4, -0.2) is 21.0 Å². The van der Waals surface area contributed by atoms with Crippen LogP contribution in [0.15, 0.2) is 6.07 Å². The molecule has 1 aromatic rings. The Morgan fingerprint density at radius 3 is 2.86 bits per heavy atom. The van der Waals surface area contributed by atoms with Crippen LogP contribution in [-0.2, 0) is 11.2 Å². The van der Waals surface area contributed by atoms with Gasteiger partial charge in [0.2, 0.25) is 5.95 Å². The van der Waals surface area contributed by atoms with Crippen molar-refractivity contribution < 1.29 is 9.90 Å². The molecule has 0 amide bonds. The number of hydrogen-bond acceptors (Lipinski definition) is 4. The molecule has 0 aromatic carbocycles. The van der Waals surface area contributed by atoms with Gasteiger partial charge in [-0.2, -0.15) is 0 Å². The zero-order chi connectivity index (χ0) is 10.6. The third-order valence-electron chi connectivity index (χ3n) is 1.75. The van der Waals surface area contributed by atoms with E-state index in [1.807, 2.05) is 13.0 Å². The first-order valence-electron chi connectivity index (χ1n) is 4.40. The Kier molecular flexibility index (Phi) is 3.39. The lowest BCUT2D eigenvalue weighted by Gasteiger charge is -2.01. The van der Waals surface area contributed by atoms with Crippen LogP contribution in [0.3, 0.4) is 0 Å². The molecule has 1 aromatic heterocycles. The van der Waals surface area contributed by atoms with Gasteiger partial charge in [-0.05, 0) is 25.8 Å². The highest BCUT2D eigenvalue weighted by molar-refractivity contribution is 5.66. The summed E-state index contributed by atoms with van der Waals surface area (Å²) in [6.45, 7) is 1.83. The molecule has 0 aliphatic rings. The highest BCUT2D eigenvalue weighted by Gasteiger charge is 2.01. The van der Waals surface area contributed by atoms with Crippen molar-refractivity contribution in [2.75, 3.05) is 5.73 Å². The van der Waals surface area contributed by atoms with E-state index in [-0.39, 0.29) is 12.4 Å². The molecule has 0 bridgehead atoms. The van der Waals surface area contributed by atoms with Gasteiger partial charge in [0.1, 0.15) is 0 Å². The van der Waals surface area contributed by atoms with E-state index in [4.69, 9.17) is 10.8 Å². The average molecular weight is 195 g/mol. The van der Waals surface area contributed by atoms with E-state index >= 15 is 0 Å². The zero-order valence-electron chi connectivity index (χ0n) is 8.03. The molecule has 0 radical (unpaired) electrons. The molecule has 0 unspecified atom stereocenters. The second kappa shape index (κ2) is 4.55. The van der Waals surface area contributed by atoms with Crippen molar-refractivity contribution in [3.05, 3.63) is 17.5 Å². The number of nitrogen functional groups attached to an aromatic ring is 1. The molecule has 0 spiro atoms. The summed E-state index contributed by atoms with van der Waals surface area (Å²) in [6, 6.07) is 1.82. The molecule has 0 saturated carbocycles. The SMILES string of the molecule is Cc1cc(CCCC(=O)O)nc(N)n1. The number of aliphatic carboxylic acids is 1. The van der Waals surface area contributed by atoms with E-state index in [0.717, 1.165) is 11.4 Å². The van der Waals surface area contributed by atoms with Crippen molar-refractivity contribution in [3.8, 4) is 0 Å². The van der Waals surface area contributed by atoms with E-state index < -0.39 is 5.97 Å². The van der Waals surface area contributed by atoms with E-state index in [9.17, 15) is 4.79 Å². The van der Waals surface area contributed by atoms with Gasteiger partial charge >= 0.3 is 5.97 Å². The Bertz CT molecular complexity index is 319. The van der Waals surface area contributed by atoms with Gasteiger partial charge < -0.3 is 10.8 Å². The third-order valence-corrected chi connectivity index (χ3v) is 1.75. The Morgan fingerprint density at radius 1 is 1.57 bits per heavy atom. The van der Waals surface area contributed by atoms with Crippen LogP contribution in [0, 0.1) is 6.92 Å². The van der Waals surface area contributed by atoms with Gasteiger partial charge in [-0.1, -0.05) is 0 Å². The fourth-order valence-electron chi connectivity index (χ4n) is 1.21. The van der Waals surface area contributed by atoms with Gasteiger partial charge in [0.05, 0.1) is 0 Å². The molecule has 1 heterocycles. The molecule has 5 heteroatoms. The topological polar surface area (TPSA) is 89.1 Å². The van der Waals surface area contributed by atoms with Crippen molar-refractivity contribution in [2.24, 2.45) is 0 Å². The minimum atomic E-state index is -0.788. The van der Waals surface area contributed by atoms with Crippen LogP contribution in [0.1, 0.15) is 24.2 Å². The lowest BCUT2D eigenvalue weighted by Crippen LogP contribution is -2.02. The molecule has 76 valence electrons. The van der Waals surface area contributed by atoms with Crippen molar-refractivity contribution in [2.45, 2.75) is 26.2 Å². The molecular formula is C9H13N3O2. The lowest BCUT2D eigenvalue weighted by atomic mass is 10.2. The van der Waals surface area contributed by atoms with E-state index in [1.54, 1.807) is 0 Å². The first-order chi connectivity index (χ1) is 6.58. The van der Waals surface area contributed by atoms with E-state index in [1.165, 1.54) is 0 Å². The largest absolute Gasteiger partial charge is 0.481 e. The van der Waals surface area contributed by atoms with Crippen LogP contribution >= 0.6 is 0 Å². The predicted molar refractivity (Wildman–Crippen MR) is 51.8 cm³/mol. The van der Waals surface area contributed by atoms with Crippen molar-refractivity contribution in [1.82, 2.24) is 9.97 Å². The first kappa shape index (κ1) is 10.4. The summed E-state index contributed by atoms with van der Waals surface area (Å²) < 4.78 is 0. The summed E-state index contributed by atoms with van der Waals surface area (Å²) in [4.78, 5) is 18.2. The molecule has 0 saturated heterocycles. The standard InChI is InChI=1S/C9H13N3O2/c1-6-5-7(12-9(10)11-6)3-2-4-8(13)14/h5H,2-4H2,1H3,(H,13,14)(H2,10,11,12). The second-order valence-electron chi connectivity index (χ2n) is 3.11. The van der Waals surface area contributed by atoms with Gasteiger partial charge in [-0.3, -0.25) is 4.79 Å². The Balaban J connectivity index is 2.54. The van der Waals surface area contributed by atoms with Crippen molar-refractivity contribution >= 4 is 11.9 Å². The number of hydrogen-bond donors (Lipinski definition) is 2. The zero-order valence-corrected chi connectivity index (χ0v) is 8.03. The van der Waals surface area contributed by atoms with E-state index in [2.05, 4.69) is 9.97 Å². The van der Waals surface area contributed by atoms with Gasteiger partial charge in [-0.25, -0.2) is 9.97 Å². The Labute approximate surface area is 82.0 Å². The molecule has 3 N–H and O–H groups in total. The average Bonchev–Trinajstić information content (AvgIpc) is 2.01. The van der Waals surface area contributed by atoms with Gasteiger partial charge in [-0.15, -0.1) is 0 Å². The molecule has 0 aliphatic carbocycles. The van der Waals surface area contributed by atoms with Crippen LogP contribution in [0.25, 0.3) is 0 Å². The molecule has 14 heavy (non-hydrogen) atoms. The minimum absolute atomic E-state index is 0.156. The Morgan fingerprint density at radius 2 is 2.29 bits per heavy atom. The van der Waals surface area contributed by atoms with Gasteiger partial charge in [0.25, 0.3) is 0 Å². The molecule has 0 atom stereocenters. The summed E-state index contributed by atoms with van der Waals surface area (Å²) in [5.41, 5.74) is 7.06. The summed E-state index contributed by atoms with van der Waals surface area (Å²) in [7, 11) is 0. The molecule has 0 fully saturated rings. The number of aryl methyl sites for hydroxylation is 2. The quantitative estimate of drug-likeness (QED) is 0.740. The number of carboxylic acids is 1. The number of rotatable bonds is 4. The van der Waals surface area contributed by atoms with Crippen LogP contribution in [0.2, 0.25) is 0 Å². The predicted octanol–water partition coefficient (Wildman–Crippen LogP) is 0.775. The van der Waals surface area contributed by atoms with Gasteiger partial charge in [0.15, 0.2) is 0 Å². The maximum absolute atomic E-state index is 10.3. The van der Waals surface area contributed by atoms with Crippen molar-refractivity contribution in [1.29, 1.82) is 0 Å². The van der Waals surface area contributed by atoms with Crippen molar-refractivity contribution in [3.63, 3.8) is 0 Å². The summed E-state index contributed by atoms with van der Waals surface area (Å²) in [5, 5.41) is 8.44. The highest BCUT2D eigenvalue weighted by atomic mass is 16.4. The monoisotopic (exact) mass is 195 g/mol. The number of carboxylic acid groups (broad SMARTS) is 1. The second-order valence-corrected chi connectivity index (χ2v) is 3.11. The van der Waals surface area contributed by atoms with E-state index in [0.29, 0.717) is 12.8 Å². The lowest BCUT2D eigenvalue weighted by molar-refractivity contribution is -0.137. The van der Waals surface area contributed by atoms with Crippen LogP contribution in [0.4, 0.5) is 5.95 Å². The maximum atomic E-state index is 10.3. The summed E-state index contributed by atoms with van der Waals surface area (Å²) in [5.74, 6) is -0.543. The summed E-state index contributed by atoms with van der Waals surface area (Å²) in [6.07, 6.45) is 1.36. The van der Waals surface area contributed by atoms with Gasteiger partial charge in [0, 0.05) is 17.8 Å². The third kappa shape index (κ3) is 3.38. The highest BCUT2D eigenvalue weighted by Crippen LogP contribution is 2.05. The first-order valence-corrected chi connectivity index (χ1v) is 4.40. The molecular weight excluding hydrogens is 182 g/mol. The molecule has 1 rings (SSSR count). The minimum Gasteiger partial charge on any atom is -0.481 e. The van der Waals surface area contributed by atoms with Crippen LogP contribution in [0.5, 0.6) is 0 Å². The van der Waals surface area contributed by atoms with Crippen LogP contribution < -0.4 is 5.73 Å². The number of anilines is 1. The number of aromatic nitrogens is 2. The normalized spacial score (nSPS) is 10.1.